The van der Waals surface area contributed by atoms with Crippen LogP contribution in [-0.2, 0) is 0 Å². The van der Waals surface area contributed by atoms with Gasteiger partial charge in [-0.3, -0.25) is 0 Å². The van der Waals surface area contributed by atoms with Gasteiger partial charge in [0.2, 0.25) is 0 Å². The lowest BCUT2D eigenvalue weighted by molar-refractivity contribution is -0.00542. The Morgan fingerprint density at radius 2 is 2.07 bits per heavy atom. The summed E-state index contributed by atoms with van der Waals surface area (Å²) in [6, 6.07) is 4.18. The zero-order chi connectivity index (χ0) is 9.54. The fraction of sp³-hybridized carbons (Fsp3) is 0.0833. The molecule has 2 nitrogen and oxygen atoms in total. The molecule has 3 rings (SSSR count). The van der Waals surface area contributed by atoms with Gasteiger partial charge in [0.05, 0.1) is 12.0 Å². The molecule has 0 unspecified atom stereocenters. The van der Waals surface area contributed by atoms with Gasteiger partial charge in [0.15, 0.2) is 0 Å². The summed E-state index contributed by atoms with van der Waals surface area (Å²) < 4.78 is 0. The van der Waals surface area contributed by atoms with Crippen LogP contribution in [0.3, 0.4) is 0 Å². The van der Waals surface area contributed by atoms with Crippen molar-refractivity contribution in [2.24, 2.45) is 0 Å². The molecular weight excluding hydrogens is 172 g/mol. The molecule has 0 aromatic heterocycles. The zero-order valence-electron chi connectivity index (χ0n) is 7.57. The van der Waals surface area contributed by atoms with Crippen LogP contribution in [0, 0.1) is 0 Å². The SMILES string of the molecule is [N-]=[N+]=C1CC=c2ccc3c(c21)C=CC=3. The van der Waals surface area contributed by atoms with E-state index < -0.39 is 0 Å². The van der Waals surface area contributed by atoms with Crippen LogP contribution in [0.2, 0.25) is 0 Å². The Morgan fingerprint density at radius 3 is 2.93 bits per heavy atom. The first-order valence-corrected chi connectivity index (χ1v) is 4.63. The minimum absolute atomic E-state index is 0.732. The molecule has 2 heteroatoms. The summed E-state index contributed by atoms with van der Waals surface area (Å²) in [4.78, 5) is 3.34. The second-order valence-electron chi connectivity index (χ2n) is 3.51. The summed E-state index contributed by atoms with van der Waals surface area (Å²) >= 11 is 0. The summed E-state index contributed by atoms with van der Waals surface area (Å²) in [6.07, 6.45) is 8.99. The van der Waals surface area contributed by atoms with Gasteiger partial charge in [-0.1, -0.05) is 36.4 Å². The highest BCUT2D eigenvalue weighted by Gasteiger charge is 2.22. The Kier molecular flexibility index (Phi) is 1.35. The van der Waals surface area contributed by atoms with E-state index in [1.165, 1.54) is 16.0 Å². The number of hydrogen-bond acceptors (Lipinski definition) is 0. The van der Waals surface area contributed by atoms with Gasteiger partial charge in [-0.05, 0) is 16.0 Å². The standard InChI is InChI=1S/C12H8N2/c13-14-11-7-6-9-5-4-8-2-1-3-10(8)12(9)11/h1-6H,7H2. The van der Waals surface area contributed by atoms with Gasteiger partial charge < -0.3 is 5.53 Å². The predicted octanol–water partition coefficient (Wildman–Crippen LogP) is 0.697. The van der Waals surface area contributed by atoms with Crippen molar-refractivity contribution >= 4 is 23.9 Å². The number of benzene rings is 1. The molecule has 0 aliphatic heterocycles. The van der Waals surface area contributed by atoms with Crippen molar-refractivity contribution in [3.8, 4) is 0 Å². The van der Waals surface area contributed by atoms with Crippen molar-refractivity contribution in [2.75, 3.05) is 0 Å². The number of hydrogen-bond donors (Lipinski definition) is 0. The lowest BCUT2D eigenvalue weighted by atomic mass is 10.0. The maximum absolute atomic E-state index is 8.88. The lowest BCUT2D eigenvalue weighted by Gasteiger charge is -1.96. The van der Waals surface area contributed by atoms with Gasteiger partial charge in [0.25, 0.3) is 0 Å². The molecule has 0 radical (unpaired) electrons. The van der Waals surface area contributed by atoms with Crippen LogP contribution < -0.4 is 10.4 Å². The maximum Gasteiger partial charge on any atom is 0.304 e. The molecule has 0 atom stereocenters. The van der Waals surface area contributed by atoms with Crippen LogP contribution in [0.4, 0.5) is 0 Å². The lowest BCUT2D eigenvalue weighted by Crippen LogP contribution is -2.18. The van der Waals surface area contributed by atoms with E-state index in [0.717, 1.165) is 17.7 Å². The molecule has 14 heavy (non-hydrogen) atoms. The minimum atomic E-state index is 0.732. The molecule has 2 aliphatic carbocycles. The van der Waals surface area contributed by atoms with Crippen molar-refractivity contribution in [1.29, 1.82) is 0 Å². The molecule has 0 amide bonds. The Labute approximate surface area is 81.1 Å². The normalized spacial score (nSPS) is 15.6. The second-order valence-corrected chi connectivity index (χ2v) is 3.51. The van der Waals surface area contributed by atoms with Gasteiger partial charge in [-0.15, -0.1) is 0 Å². The van der Waals surface area contributed by atoms with Crippen LogP contribution in [0.25, 0.3) is 23.8 Å². The number of nitrogens with zero attached hydrogens (tertiary/aromatic N) is 2. The van der Waals surface area contributed by atoms with Crippen LogP contribution >= 0.6 is 0 Å². The molecule has 66 valence electrons. The molecule has 0 heterocycles. The van der Waals surface area contributed by atoms with Crippen LogP contribution in [0.5, 0.6) is 0 Å². The van der Waals surface area contributed by atoms with E-state index in [0.29, 0.717) is 0 Å². The molecule has 0 fully saturated rings. The molecule has 1 aromatic carbocycles. The van der Waals surface area contributed by atoms with Crippen molar-refractivity contribution < 1.29 is 4.79 Å². The first-order chi connectivity index (χ1) is 6.90. The summed E-state index contributed by atoms with van der Waals surface area (Å²) in [5.74, 6) is 0. The molecule has 0 saturated heterocycles. The van der Waals surface area contributed by atoms with E-state index in [1.807, 2.05) is 6.08 Å². The van der Waals surface area contributed by atoms with Gasteiger partial charge in [-0.2, -0.15) is 4.79 Å². The average molecular weight is 180 g/mol. The van der Waals surface area contributed by atoms with Gasteiger partial charge in [-0.25, -0.2) is 0 Å². The van der Waals surface area contributed by atoms with Gasteiger partial charge in [0, 0.05) is 0 Å². The highest BCUT2D eigenvalue weighted by Crippen LogP contribution is 2.12. The van der Waals surface area contributed by atoms with Gasteiger partial charge >= 0.3 is 5.71 Å². The van der Waals surface area contributed by atoms with Gasteiger partial charge in [0.1, 0.15) is 0 Å². The Balaban J connectivity index is 2.52. The molecule has 0 spiro atoms. The smallest absolute Gasteiger partial charge is 0.304 e. The molecule has 1 aromatic rings. The largest absolute Gasteiger partial charge is 0.361 e. The Bertz CT molecular complexity index is 614. The van der Waals surface area contributed by atoms with E-state index in [-0.39, 0.29) is 0 Å². The molecule has 0 bridgehead atoms. The molecule has 2 aliphatic rings. The minimum Gasteiger partial charge on any atom is -0.361 e. The summed E-state index contributed by atoms with van der Waals surface area (Å²) in [7, 11) is 0. The van der Waals surface area contributed by atoms with Crippen molar-refractivity contribution in [1.82, 2.24) is 0 Å². The van der Waals surface area contributed by atoms with E-state index in [4.69, 9.17) is 5.53 Å². The van der Waals surface area contributed by atoms with Crippen LogP contribution in [-0.4, -0.2) is 10.5 Å². The van der Waals surface area contributed by atoms with Crippen molar-refractivity contribution in [3.05, 3.63) is 45.3 Å². The van der Waals surface area contributed by atoms with Crippen LogP contribution in [0.1, 0.15) is 17.5 Å². The average Bonchev–Trinajstić information content (AvgIpc) is 2.82. The Morgan fingerprint density at radius 1 is 1.21 bits per heavy atom. The van der Waals surface area contributed by atoms with E-state index in [1.54, 1.807) is 0 Å². The number of allylic oxidation sites excluding steroid dienone is 1. The fourth-order valence-electron chi connectivity index (χ4n) is 2.12. The maximum atomic E-state index is 8.88. The van der Waals surface area contributed by atoms with E-state index in [9.17, 15) is 0 Å². The predicted molar refractivity (Wildman–Crippen MR) is 56.0 cm³/mol. The van der Waals surface area contributed by atoms with Crippen LogP contribution in [0.15, 0.2) is 18.2 Å². The third kappa shape index (κ3) is 0.808. The van der Waals surface area contributed by atoms with E-state index >= 15 is 0 Å². The molecule has 0 N–H and O–H groups in total. The second kappa shape index (κ2) is 2.53. The highest BCUT2D eigenvalue weighted by atomic mass is 14.9. The quantitative estimate of drug-likeness (QED) is 0.416. The monoisotopic (exact) mass is 180 g/mol. The first kappa shape index (κ1) is 7.48. The Hall–Kier alpha value is -1.92. The highest BCUT2D eigenvalue weighted by molar-refractivity contribution is 6.06. The first-order valence-electron chi connectivity index (χ1n) is 4.63. The third-order valence-corrected chi connectivity index (χ3v) is 2.77. The van der Waals surface area contributed by atoms with E-state index in [2.05, 4.69) is 35.2 Å². The molecule has 0 saturated carbocycles. The fourth-order valence-corrected chi connectivity index (χ4v) is 2.12. The number of rotatable bonds is 0. The third-order valence-electron chi connectivity index (χ3n) is 2.77. The number of fused-ring (bicyclic) bond motifs is 3. The summed E-state index contributed by atoms with van der Waals surface area (Å²) in [6.45, 7) is 0. The summed E-state index contributed by atoms with van der Waals surface area (Å²) in [5, 5.41) is 2.39. The van der Waals surface area contributed by atoms with Crippen molar-refractivity contribution in [3.63, 3.8) is 0 Å². The zero-order valence-corrected chi connectivity index (χ0v) is 7.57. The van der Waals surface area contributed by atoms with Crippen molar-refractivity contribution in [2.45, 2.75) is 6.42 Å². The summed E-state index contributed by atoms with van der Waals surface area (Å²) in [5.41, 5.74) is 11.9. The topological polar surface area (TPSA) is 36.4 Å². The molecular formula is C12H8N2.